The minimum absolute atomic E-state index is 0.146. The number of H-pyrrole nitrogens is 2. The van der Waals surface area contributed by atoms with Gasteiger partial charge in [0.2, 0.25) is 0 Å². The van der Waals surface area contributed by atoms with Crippen LogP contribution < -0.4 is 5.69 Å². The molecule has 0 amide bonds. The van der Waals surface area contributed by atoms with Crippen LogP contribution in [0.15, 0.2) is 4.79 Å². The van der Waals surface area contributed by atoms with Gasteiger partial charge in [0.25, 0.3) is 0 Å². The molecule has 0 aliphatic heterocycles. The van der Waals surface area contributed by atoms with Gasteiger partial charge in [-0.15, -0.1) is 0 Å². The van der Waals surface area contributed by atoms with Crippen LogP contribution in [0.2, 0.25) is 0 Å². The summed E-state index contributed by atoms with van der Waals surface area (Å²) in [6.07, 6.45) is 1.45. The van der Waals surface area contributed by atoms with Gasteiger partial charge in [-0.25, -0.2) is 9.59 Å². The van der Waals surface area contributed by atoms with E-state index in [0.717, 1.165) is 6.42 Å². The first-order valence-corrected chi connectivity index (χ1v) is 4.94. The Hall–Kier alpha value is -1.43. The number of carbonyl (C=O) groups is 1. The Morgan fingerprint density at radius 3 is 2.67 bits per heavy atom. The van der Waals surface area contributed by atoms with E-state index in [0.29, 0.717) is 16.6 Å². The molecule has 0 aliphatic rings. The van der Waals surface area contributed by atoms with E-state index in [2.05, 4.69) is 14.7 Å². The monoisotopic (exact) mass is 228 g/mol. The lowest BCUT2D eigenvalue weighted by atomic mass is 10.1. The highest BCUT2D eigenvalue weighted by molar-refractivity contribution is 7.71. The van der Waals surface area contributed by atoms with Crippen LogP contribution >= 0.6 is 12.2 Å². The van der Waals surface area contributed by atoms with Crippen molar-refractivity contribution >= 4 is 18.2 Å². The molecule has 2 N–H and O–H groups in total. The molecule has 1 heterocycles. The predicted molar refractivity (Wildman–Crippen MR) is 57.6 cm³/mol. The predicted octanol–water partition coefficient (Wildman–Crippen LogP) is 1.17. The third-order valence-electron chi connectivity index (χ3n) is 1.93. The normalized spacial score (nSPS) is 10.0. The van der Waals surface area contributed by atoms with Gasteiger partial charge in [0, 0.05) is 5.56 Å². The number of carbonyl (C=O) groups excluding carboxylic acids is 1. The molecule has 0 bridgehead atoms. The lowest BCUT2D eigenvalue weighted by Crippen LogP contribution is -2.20. The molecule has 82 valence electrons. The second-order valence-electron chi connectivity index (χ2n) is 3.00. The molecular formula is C9H12N2O3S. The molecule has 0 unspecified atom stereocenters. The zero-order valence-corrected chi connectivity index (χ0v) is 9.36. The SMILES string of the molecule is CCCc1c(C(=O)OC)[nH]c(=O)[nH]c1=S. The Kier molecular flexibility index (Phi) is 3.79. The van der Waals surface area contributed by atoms with E-state index in [4.69, 9.17) is 12.2 Å². The highest BCUT2D eigenvalue weighted by Crippen LogP contribution is 2.08. The third-order valence-corrected chi connectivity index (χ3v) is 2.28. The fraction of sp³-hybridized carbons (Fsp3) is 0.444. The third kappa shape index (κ3) is 2.53. The van der Waals surface area contributed by atoms with E-state index >= 15 is 0 Å². The van der Waals surface area contributed by atoms with Crippen molar-refractivity contribution < 1.29 is 9.53 Å². The number of nitrogens with one attached hydrogen (secondary N) is 2. The van der Waals surface area contributed by atoms with E-state index in [9.17, 15) is 9.59 Å². The number of methoxy groups -OCH3 is 1. The van der Waals surface area contributed by atoms with E-state index in [1.165, 1.54) is 7.11 Å². The van der Waals surface area contributed by atoms with Crippen molar-refractivity contribution in [2.75, 3.05) is 7.11 Å². The molecule has 0 radical (unpaired) electrons. The summed E-state index contributed by atoms with van der Waals surface area (Å²) >= 11 is 4.98. The number of esters is 1. The van der Waals surface area contributed by atoms with E-state index in [1.54, 1.807) is 0 Å². The van der Waals surface area contributed by atoms with Gasteiger partial charge >= 0.3 is 11.7 Å². The first kappa shape index (κ1) is 11.6. The average molecular weight is 228 g/mol. The van der Waals surface area contributed by atoms with Crippen LogP contribution in [0.3, 0.4) is 0 Å². The van der Waals surface area contributed by atoms with Crippen LogP contribution in [0.4, 0.5) is 0 Å². The second kappa shape index (κ2) is 4.88. The van der Waals surface area contributed by atoms with Crippen molar-refractivity contribution in [1.29, 1.82) is 0 Å². The summed E-state index contributed by atoms with van der Waals surface area (Å²) in [6.45, 7) is 1.96. The zero-order chi connectivity index (χ0) is 11.4. The quantitative estimate of drug-likeness (QED) is 0.601. The maximum absolute atomic E-state index is 11.4. The fourth-order valence-electron chi connectivity index (χ4n) is 1.28. The summed E-state index contributed by atoms with van der Waals surface area (Å²) in [5.74, 6) is -0.573. The summed E-state index contributed by atoms with van der Waals surface area (Å²) in [7, 11) is 1.26. The van der Waals surface area contributed by atoms with Gasteiger partial charge < -0.3 is 9.72 Å². The topological polar surface area (TPSA) is 75.0 Å². The van der Waals surface area contributed by atoms with Crippen molar-refractivity contribution in [2.24, 2.45) is 0 Å². The average Bonchev–Trinajstić information content (AvgIpc) is 2.20. The summed E-state index contributed by atoms with van der Waals surface area (Å²) < 4.78 is 4.86. The molecule has 0 saturated carbocycles. The van der Waals surface area contributed by atoms with E-state index in [1.807, 2.05) is 6.92 Å². The van der Waals surface area contributed by atoms with Gasteiger partial charge in [-0.2, -0.15) is 0 Å². The molecule has 1 aromatic heterocycles. The lowest BCUT2D eigenvalue weighted by Gasteiger charge is -2.05. The molecule has 1 rings (SSSR count). The van der Waals surface area contributed by atoms with Gasteiger partial charge in [0.05, 0.1) is 7.11 Å². The lowest BCUT2D eigenvalue weighted by molar-refractivity contribution is 0.0592. The molecule has 0 atom stereocenters. The Morgan fingerprint density at radius 1 is 1.47 bits per heavy atom. The molecular weight excluding hydrogens is 216 g/mol. The molecule has 1 aromatic rings. The Balaban J connectivity index is 3.39. The highest BCUT2D eigenvalue weighted by atomic mass is 32.1. The minimum Gasteiger partial charge on any atom is -0.464 e. The van der Waals surface area contributed by atoms with Crippen LogP contribution in [-0.4, -0.2) is 23.0 Å². The molecule has 6 heteroatoms. The number of rotatable bonds is 3. The zero-order valence-electron chi connectivity index (χ0n) is 8.55. The standard InChI is InChI=1S/C9H12N2O3S/c1-3-4-5-6(8(12)14-2)10-9(13)11-7(5)15/h3-4H2,1-2H3,(H2,10,11,13,15). The molecule has 0 spiro atoms. The number of hydrogen-bond donors (Lipinski definition) is 2. The molecule has 15 heavy (non-hydrogen) atoms. The van der Waals surface area contributed by atoms with Gasteiger partial charge in [-0.1, -0.05) is 25.6 Å². The molecule has 0 fully saturated rings. The van der Waals surface area contributed by atoms with E-state index in [-0.39, 0.29) is 5.69 Å². The Morgan fingerprint density at radius 2 is 2.13 bits per heavy atom. The number of hydrogen-bond acceptors (Lipinski definition) is 4. The smallest absolute Gasteiger partial charge is 0.355 e. The summed E-state index contributed by atoms with van der Waals surface area (Å²) in [5, 5.41) is 0. The Labute approximate surface area is 91.5 Å². The van der Waals surface area contributed by atoms with Crippen LogP contribution in [0, 0.1) is 4.64 Å². The first-order chi connectivity index (χ1) is 7.10. The van der Waals surface area contributed by atoms with Crippen LogP contribution in [0.1, 0.15) is 29.4 Å². The van der Waals surface area contributed by atoms with Gasteiger partial charge in [0.1, 0.15) is 10.3 Å². The van der Waals surface area contributed by atoms with Crippen LogP contribution in [0.25, 0.3) is 0 Å². The number of ether oxygens (including phenoxy) is 1. The largest absolute Gasteiger partial charge is 0.464 e. The van der Waals surface area contributed by atoms with Crippen molar-refractivity contribution in [3.63, 3.8) is 0 Å². The van der Waals surface area contributed by atoms with Crippen molar-refractivity contribution in [3.05, 3.63) is 26.4 Å². The number of aromatic amines is 2. The maximum atomic E-state index is 11.4. The van der Waals surface area contributed by atoms with Crippen molar-refractivity contribution in [3.8, 4) is 0 Å². The number of aromatic nitrogens is 2. The first-order valence-electron chi connectivity index (χ1n) is 4.54. The van der Waals surface area contributed by atoms with Crippen molar-refractivity contribution in [2.45, 2.75) is 19.8 Å². The Bertz CT molecular complexity index is 475. The summed E-state index contributed by atoms with van der Waals surface area (Å²) in [6, 6.07) is 0. The highest BCUT2D eigenvalue weighted by Gasteiger charge is 2.14. The fourth-order valence-corrected chi connectivity index (χ4v) is 1.57. The van der Waals surface area contributed by atoms with Crippen LogP contribution in [-0.2, 0) is 11.2 Å². The van der Waals surface area contributed by atoms with Gasteiger partial charge in [-0.3, -0.25) is 4.98 Å². The van der Waals surface area contributed by atoms with E-state index < -0.39 is 11.7 Å². The van der Waals surface area contributed by atoms with Gasteiger partial charge in [-0.05, 0) is 6.42 Å². The van der Waals surface area contributed by atoms with Gasteiger partial charge in [0.15, 0.2) is 0 Å². The molecule has 0 saturated heterocycles. The molecule has 0 aliphatic carbocycles. The second-order valence-corrected chi connectivity index (χ2v) is 3.41. The minimum atomic E-state index is -0.573. The van der Waals surface area contributed by atoms with Crippen molar-refractivity contribution in [1.82, 2.24) is 9.97 Å². The summed E-state index contributed by atoms with van der Waals surface area (Å²) in [5.41, 5.74) is 0.271. The molecule has 0 aromatic carbocycles. The molecule has 5 nitrogen and oxygen atoms in total. The maximum Gasteiger partial charge on any atom is 0.355 e. The van der Waals surface area contributed by atoms with Crippen LogP contribution in [0.5, 0.6) is 0 Å². The summed E-state index contributed by atoms with van der Waals surface area (Å²) in [4.78, 5) is 27.3.